The van der Waals surface area contributed by atoms with Crippen LogP contribution >= 0.6 is 0 Å². The molecule has 1 aromatic carbocycles. The maximum absolute atomic E-state index is 10.6. The Balaban J connectivity index is 3.04. The molecule has 0 fully saturated rings. The third kappa shape index (κ3) is 2.30. The second-order valence-corrected chi connectivity index (χ2v) is 2.46. The second-order valence-electron chi connectivity index (χ2n) is 2.46. The van der Waals surface area contributed by atoms with E-state index in [1.165, 1.54) is 18.2 Å². The van der Waals surface area contributed by atoms with Crippen molar-refractivity contribution < 1.29 is 19.8 Å². The molecule has 67 valence electrons. The zero-order chi connectivity index (χ0) is 9.84. The van der Waals surface area contributed by atoms with E-state index >= 15 is 0 Å². The standard InChI is InChI=1S/C9H7O4/c10-8(11)5-6-3-1-2-4-7(6)9(12)13/h1,3-4H,5H2,(H,10,11)(H,12,13). The third-order valence-electron chi connectivity index (χ3n) is 1.53. The zero-order valence-corrected chi connectivity index (χ0v) is 6.65. The predicted octanol–water partition coefficient (Wildman–Crippen LogP) is 0.812. The van der Waals surface area contributed by atoms with Gasteiger partial charge in [0.25, 0.3) is 0 Å². The van der Waals surface area contributed by atoms with Crippen molar-refractivity contribution in [3.63, 3.8) is 0 Å². The van der Waals surface area contributed by atoms with Crippen molar-refractivity contribution in [1.82, 2.24) is 0 Å². The minimum Gasteiger partial charge on any atom is -0.481 e. The SMILES string of the molecule is O=C(O)Cc1cc[c]cc1C(=O)O. The number of aromatic carboxylic acids is 1. The van der Waals surface area contributed by atoms with Crippen LogP contribution in [0.2, 0.25) is 0 Å². The number of carboxylic acids is 2. The van der Waals surface area contributed by atoms with Crippen molar-refractivity contribution >= 4 is 11.9 Å². The van der Waals surface area contributed by atoms with Gasteiger partial charge in [0.1, 0.15) is 0 Å². The molecule has 0 atom stereocenters. The summed E-state index contributed by atoms with van der Waals surface area (Å²) >= 11 is 0. The fraction of sp³-hybridized carbons (Fsp3) is 0.111. The first-order chi connectivity index (χ1) is 6.11. The molecule has 0 saturated carbocycles. The molecule has 1 rings (SSSR count). The van der Waals surface area contributed by atoms with Gasteiger partial charge in [0, 0.05) is 0 Å². The summed E-state index contributed by atoms with van der Waals surface area (Å²) in [6.45, 7) is 0. The van der Waals surface area contributed by atoms with E-state index in [1.54, 1.807) is 0 Å². The maximum atomic E-state index is 10.6. The van der Waals surface area contributed by atoms with Crippen LogP contribution in [0.3, 0.4) is 0 Å². The van der Waals surface area contributed by atoms with Crippen LogP contribution in [0, 0.1) is 6.07 Å². The first-order valence-corrected chi connectivity index (χ1v) is 3.55. The van der Waals surface area contributed by atoms with Gasteiger partial charge in [-0.2, -0.15) is 0 Å². The Morgan fingerprint density at radius 1 is 1.38 bits per heavy atom. The van der Waals surface area contributed by atoms with E-state index in [4.69, 9.17) is 10.2 Å². The summed E-state index contributed by atoms with van der Waals surface area (Å²) in [5, 5.41) is 17.1. The van der Waals surface area contributed by atoms with Crippen LogP contribution in [0.25, 0.3) is 0 Å². The average Bonchev–Trinajstić information content (AvgIpc) is 2.03. The molecule has 0 aliphatic heterocycles. The lowest BCUT2D eigenvalue weighted by molar-refractivity contribution is -0.136. The van der Waals surface area contributed by atoms with Crippen molar-refractivity contribution in [2.24, 2.45) is 0 Å². The van der Waals surface area contributed by atoms with Crippen LogP contribution in [0.1, 0.15) is 15.9 Å². The van der Waals surface area contributed by atoms with Gasteiger partial charge >= 0.3 is 11.9 Å². The van der Waals surface area contributed by atoms with Crippen LogP contribution in [0.5, 0.6) is 0 Å². The molecule has 2 N–H and O–H groups in total. The first-order valence-electron chi connectivity index (χ1n) is 3.55. The topological polar surface area (TPSA) is 74.6 Å². The molecule has 0 bridgehead atoms. The van der Waals surface area contributed by atoms with Crippen molar-refractivity contribution in [3.8, 4) is 0 Å². The van der Waals surface area contributed by atoms with E-state index < -0.39 is 11.9 Å². The van der Waals surface area contributed by atoms with Crippen molar-refractivity contribution in [1.29, 1.82) is 0 Å². The molecule has 13 heavy (non-hydrogen) atoms. The summed E-state index contributed by atoms with van der Waals surface area (Å²) in [7, 11) is 0. The number of carboxylic acid groups (broad SMARTS) is 2. The molecule has 4 nitrogen and oxygen atoms in total. The Labute approximate surface area is 74.4 Å². The lowest BCUT2D eigenvalue weighted by Gasteiger charge is -2.01. The lowest BCUT2D eigenvalue weighted by Crippen LogP contribution is -2.07. The molecule has 1 radical (unpaired) electrons. The van der Waals surface area contributed by atoms with Crippen LogP contribution in [-0.4, -0.2) is 22.2 Å². The van der Waals surface area contributed by atoms with E-state index in [2.05, 4.69) is 6.07 Å². The average molecular weight is 179 g/mol. The Bertz CT molecular complexity index is 343. The quantitative estimate of drug-likeness (QED) is 0.720. The highest BCUT2D eigenvalue weighted by Crippen LogP contribution is 2.08. The fourth-order valence-corrected chi connectivity index (χ4v) is 0.979. The molecular weight excluding hydrogens is 172 g/mol. The summed E-state index contributed by atoms with van der Waals surface area (Å²) in [4.78, 5) is 20.9. The summed E-state index contributed by atoms with van der Waals surface area (Å²) in [6, 6.07) is 6.78. The molecule has 0 amide bonds. The number of hydrogen-bond donors (Lipinski definition) is 2. The second kappa shape index (κ2) is 3.71. The normalized spacial score (nSPS) is 9.54. The highest BCUT2D eigenvalue weighted by molar-refractivity contribution is 5.90. The monoisotopic (exact) mass is 179 g/mol. The minimum absolute atomic E-state index is 0.00935. The highest BCUT2D eigenvalue weighted by atomic mass is 16.4. The van der Waals surface area contributed by atoms with Gasteiger partial charge in [-0.1, -0.05) is 12.1 Å². The van der Waals surface area contributed by atoms with Gasteiger partial charge in [0.2, 0.25) is 0 Å². The molecule has 0 aliphatic rings. The van der Waals surface area contributed by atoms with E-state index in [0.29, 0.717) is 5.56 Å². The zero-order valence-electron chi connectivity index (χ0n) is 6.65. The number of benzene rings is 1. The Morgan fingerprint density at radius 3 is 2.62 bits per heavy atom. The fourth-order valence-electron chi connectivity index (χ4n) is 0.979. The Morgan fingerprint density at radius 2 is 2.08 bits per heavy atom. The summed E-state index contributed by atoms with van der Waals surface area (Å²) in [6.07, 6.45) is -0.281. The Hall–Kier alpha value is -1.84. The molecule has 0 aliphatic carbocycles. The molecule has 0 aromatic heterocycles. The third-order valence-corrected chi connectivity index (χ3v) is 1.53. The predicted molar refractivity (Wildman–Crippen MR) is 43.6 cm³/mol. The number of carbonyl (C=O) groups is 2. The van der Waals surface area contributed by atoms with E-state index in [1.807, 2.05) is 0 Å². The van der Waals surface area contributed by atoms with Crippen molar-refractivity contribution in [2.75, 3.05) is 0 Å². The number of rotatable bonds is 3. The maximum Gasteiger partial charge on any atom is 0.336 e. The Kier molecular flexibility index (Phi) is 2.64. The minimum atomic E-state index is -1.13. The number of hydrogen-bond acceptors (Lipinski definition) is 2. The van der Waals surface area contributed by atoms with Crippen molar-refractivity contribution in [2.45, 2.75) is 6.42 Å². The number of aliphatic carboxylic acids is 1. The summed E-state index contributed by atoms with van der Waals surface area (Å²) in [5.74, 6) is -2.18. The van der Waals surface area contributed by atoms with Gasteiger partial charge in [-0.25, -0.2) is 4.79 Å². The summed E-state index contributed by atoms with van der Waals surface area (Å²) in [5.41, 5.74) is 0.281. The van der Waals surface area contributed by atoms with Crippen LogP contribution in [-0.2, 0) is 11.2 Å². The van der Waals surface area contributed by atoms with Gasteiger partial charge in [-0.3, -0.25) is 4.79 Å². The van der Waals surface area contributed by atoms with Gasteiger partial charge in [-0.05, 0) is 17.7 Å². The highest BCUT2D eigenvalue weighted by Gasteiger charge is 2.10. The van der Waals surface area contributed by atoms with Crippen LogP contribution < -0.4 is 0 Å². The van der Waals surface area contributed by atoms with Crippen LogP contribution in [0.15, 0.2) is 18.2 Å². The largest absolute Gasteiger partial charge is 0.481 e. The van der Waals surface area contributed by atoms with Crippen molar-refractivity contribution in [3.05, 3.63) is 35.4 Å². The molecule has 0 unspecified atom stereocenters. The van der Waals surface area contributed by atoms with Gasteiger partial charge < -0.3 is 10.2 Å². The van der Waals surface area contributed by atoms with Gasteiger partial charge in [0.15, 0.2) is 0 Å². The molecule has 0 heterocycles. The molecule has 1 aromatic rings. The van der Waals surface area contributed by atoms with E-state index in [0.717, 1.165) is 0 Å². The molecular formula is C9H7O4. The first kappa shape index (κ1) is 9.25. The van der Waals surface area contributed by atoms with E-state index in [9.17, 15) is 9.59 Å². The van der Waals surface area contributed by atoms with Gasteiger partial charge in [0.05, 0.1) is 12.0 Å². The van der Waals surface area contributed by atoms with E-state index in [-0.39, 0.29) is 12.0 Å². The molecule has 4 heteroatoms. The summed E-state index contributed by atoms with van der Waals surface area (Å²) < 4.78 is 0. The molecule has 0 saturated heterocycles. The van der Waals surface area contributed by atoms with Crippen LogP contribution in [0.4, 0.5) is 0 Å². The lowest BCUT2D eigenvalue weighted by atomic mass is 10.1. The van der Waals surface area contributed by atoms with Gasteiger partial charge in [-0.15, -0.1) is 0 Å². The molecule has 0 spiro atoms. The smallest absolute Gasteiger partial charge is 0.336 e.